The number of anilines is 1. The molecule has 2 nitrogen and oxygen atoms in total. The first-order valence-corrected chi connectivity index (χ1v) is 6.90. The molecule has 1 aliphatic rings. The number of rotatable bonds is 1. The van der Waals surface area contributed by atoms with E-state index in [-0.39, 0.29) is 5.82 Å². The van der Waals surface area contributed by atoms with Crippen molar-refractivity contribution < 1.29 is 4.39 Å². The average molecular weight is 266 g/mol. The second-order valence-electron chi connectivity index (χ2n) is 5.28. The number of nitrogens with zero attached hydrogens (tertiary/aromatic N) is 1. The van der Waals surface area contributed by atoms with Gasteiger partial charge in [-0.2, -0.15) is 0 Å². The zero-order valence-corrected chi connectivity index (χ0v) is 11.1. The van der Waals surface area contributed by atoms with Gasteiger partial charge in [-0.25, -0.2) is 4.39 Å². The van der Waals surface area contributed by atoms with Gasteiger partial charge in [0.25, 0.3) is 0 Å². The van der Waals surface area contributed by atoms with Crippen molar-refractivity contribution in [3.63, 3.8) is 0 Å². The summed E-state index contributed by atoms with van der Waals surface area (Å²) in [5.74, 6) is -0.170. The number of halogens is 1. The van der Waals surface area contributed by atoms with Crippen molar-refractivity contribution >= 4 is 16.6 Å². The summed E-state index contributed by atoms with van der Waals surface area (Å²) < 4.78 is 13.5. The van der Waals surface area contributed by atoms with Gasteiger partial charge in [-0.3, -0.25) is 0 Å². The van der Waals surface area contributed by atoms with Gasteiger partial charge in [0.1, 0.15) is 5.82 Å². The molecular formula is C17H15FN2. The molecule has 3 heteroatoms. The second-order valence-corrected chi connectivity index (χ2v) is 5.28. The molecule has 4 rings (SSSR count). The molecule has 3 aromatic rings. The molecule has 0 bridgehead atoms. The maximum absolute atomic E-state index is 13.5. The number of aromatic nitrogens is 1. The van der Waals surface area contributed by atoms with Gasteiger partial charge in [-0.1, -0.05) is 18.2 Å². The van der Waals surface area contributed by atoms with E-state index in [9.17, 15) is 4.39 Å². The van der Waals surface area contributed by atoms with Gasteiger partial charge in [0.2, 0.25) is 0 Å². The Bertz CT molecular complexity index is 761. The first-order chi connectivity index (χ1) is 9.81. The van der Waals surface area contributed by atoms with Crippen molar-refractivity contribution in [2.75, 3.05) is 11.4 Å². The molecular weight excluding hydrogens is 251 g/mol. The highest BCUT2D eigenvalue weighted by atomic mass is 19.1. The third kappa shape index (κ3) is 1.78. The van der Waals surface area contributed by atoms with Crippen LogP contribution < -0.4 is 4.90 Å². The standard InChI is InChI=1S/C17H15FN2/c18-12-6-7-16-14(10-12)15-11-20(9-8-17(15)19-16)13-4-2-1-3-5-13/h1-7,10,19H,8-9,11H2. The van der Waals surface area contributed by atoms with E-state index in [1.165, 1.54) is 23.0 Å². The van der Waals surface area contributed by atoms with Crippen LogP contribution in [0.1, 0.15) is 11.3 Å². The summed E-state index contributed by atoms with van der Waals surface area (Å²) >= 11 is 0. The van der Waals surface area contributed by atoms with E-state index in [0.717, 1.165) is 30.4 Å². The van der Waals surface area contributed by atoms with Crippen LogP contribution in [-0.2, 0) is 13.0 Å². The molecule has 2 heterocycles. The number of aromatic amines is 1. The van der Waals surface area contributed by atoms with Gasteiger partial charge in [0.05, 0.1) is 0 Å². The topological polar surface area (TPSA) is 19.0 Å². The number of para-hydroxylation sites is 1. The van der Waals surface area contributed by atoms with E-state index < -0.39 is 0 Å². The molecule has 0 radical (unpaired) electrons. The van der Waals surface area contributed by atoms with Gasteiger partial charge in [0, 0.05) is 47.4 Å². The zero-order valence-electron chi connectivity index (χ0n) is 11.1. The second kappa shape index (κ2) is 4.37. The lowest BCUT2D eigenvalue weighted by molar-refractivity contribution is 0.629. The molecule has 1 N–H and O–H groups in total. The fraction of sp³-hybridized carbons (Fsp3) is 0.176. The maximum atomic E-state index is 13.5. The molecule has 0 unspecified atom stereocenters. The first-order valence-electron chi connectivity index (χ1n) is 6.90. The van der Waals surface area contributed by atoms with Crippen LogP contribution in [0.5, 0.6) is 0 Å². The molecule has 0 aliphatic carbocycles. The van der Waals surface area contributed by atoms with Gasteiger partial charge < -0.3 is 9.88 Å². The van der Waals surface area contributed by atoms with Crippen LogP contribution in [-0.4, -0.2) is 11.5 Å². The fourth-order valence-electron chi connectivity index (χ4n) is 3.05. The highest BCUT2D eigenvalue weighted by Crippen LogP contribution is 2.30. The minimum absolute atomic E-state index is 0.170. The summed E-state index contributed by atoms with van der Waals surface area (Å²) in [5, 5.41) is 1.01. The maximum Gasteiger partial charge on any atom is 0.123 e. The molecule has 2 aromatic carbocycles. The molecule has 20 heavy (non-hydrogen) atoms. The fourth-order valence-corrected chi connectivity index (χ4v) is 3.05. The van der Waals surface area contributed by atoms with Crippen molar-refractivity contribution in [2.24, 2.45) is 0 Å². The SMILES string of the molecule is Fc1ccc2[nH]c3c(c2c1)CN(c1ccccc1)CC3. The minimum Gasteiger partial charge on any atom is -0.367 e. The molecule has 0 spiro atoms. The van der Waals surface area contributed by atoms with Crippen molar-refractivity contribution in [2.45, 2.75) is 13.0 Å². The smallest absolute Gasteiger partial charge is 0.123 e. The molecule has 0 saturated heterocycles. The van der Waals surface area contributed by atoms with Crippen LogP contribution in [0.4, 0.5) is 10.1 Å². The normalized spacial score (nSPS) is 14.6. The number of hydrogen-bond acceptors (Lipinski definition) is 1. The van der Waals surface area contributed by atoms with Crippen molar-refractivity contribution in [3.8, 4) is 0 Å². The van der Waals surface area contributed by atoms with Crippen LogP contribution in [0.25, 0.3) is 10.9 Å². The summed E-state index contributed by atoms with van der Waals surface area (Å²) in [5.41, 5.74) is 4.74. The lowest BCUT2D eigenvalue weighted by Gasteiger charge is -2.29. The molecule has 0 fully saturated rings. The monoisotopic (exact) mass is 266 g/mol. The Hall–Kier alpha value is -2.29. The number of hydrogen-bond donors (Lipinski definition) is 1. The van der Waals surface area contributed by atoms with Gasteiger partial charge in [0.15, 0.2) is 0 Å². The lowest BCUT2D eigenvalue weighted by Crippen LogP contribution is -2.29. The van der Waals surface area contributed by atoms with Crippen LogP contribution in [0.15, 0.2) is 48.5 Å². The third-order valence-corrected chi connectivity index (χ3v) is 4.06. The Labute approximate surface area is 116 Å². The molecule has 0 saturated carbocycles. The Morgan fingerprint density at radius 2 is 1.90 bits per heavy atom. The number of H-pyrrole nitrogens is 1. The predicted octanol–water partition coefficient (Wildman–Crippen LogP) is 3.87. The van der Waals surface area contributed by atoms with Gasteiger partial charge in [-0.05, 0) is 30.3 Å². The molecule has 1 aliphatic heterocycles. The molecule has 0 atom stereocenters. The van der Waals surface area contributed by atoms with Crippen LogP contribution in [0.2, 0.25) is 0 Å². The molecule has 1 aromatic heterocycles. The van der Waals surface area contributed by atoms with Gasteiger partial charge >= 0.3 is 0 Å². The van der Waals surface area contributed by atoms with E-state index in [0.29, 0.717) is 0 Å². The van der Waals surface area contributed by atoms with E-state index in [1.807, 2.05) is 12.1 Å². The van der Waals surface area contributed by atoms with Crippen molar-refractivity contribution in [3.05, 3.63) is 65.6 Å². The van der Waals surface area contributed by atoms with Gasteiger partial charge in [-0.15, -0.1) is 0 Å². The van der Waals surface area contributed by atoms with E-state index >= 15 is 0 Å². The number of nitrogens with one attached hydrogen (secondary N) is 1. The Kier molecular flexibility index (Phi) is 2.52. The molecule has 0 amide bonds. The largest absolute Gasteiger partial charge is 0.367 e. The van der Waals surface area contributed by atoms with E-state index in [2.05, 4.69) is 34.1 Å². The van der Waals surface area contributed by atoms with Crippen molar-refractivity contribution in [1.29, 1.82) is 0 Å². The Morgan fingerprint density at radius 3 is 2.75 bits per heavy atom. The summed E-state index contributed by atoms with van der Waals surface area (Å²) in [6.45, 7) is 1.83. The third-order valence-electron chi connectivity index (χ3n) is 4.06. The number of fused-ring (bicyclic) bond motifs is 3. The quantitative estimate of drug-likeness (QED) is 0.708. The summed E-state index contributed by atoms with van der Waals surface area (Å²) in [7, 11) is 0. The van der Waals surface area contributed by atoms with Crippen LogP contribution >= 0.6 is 0 Å². The zero-order chi connectivity index (χ0) is 13.5. The highest BCUT2D eigenvalue weighted by Gasteiger charge is 2.20. The lowest BCUT2D eigenvalue weighted by atomic mass is 10.0. The van der Waals surface area contributed by atoms with Crippen LogP contribution in [0.3, 0.4) is 0 Å². The summed E-state index contributed by atoms with van der Waals surface area (Å²) in [4.78, 5) is 5.77. The van der Waals surface area contributed by atoms with E-state index in [1.54, 1.807) is 6.07 Å². The van der Waals surface area contributed by atoms with Crippen molar-refractivity contribution in [1.82, 2.24) is 4.98 Å². The first kappa shape index (κ1) is 11.5. The van der Waals surface area contributed by atoms with Crippen LogP contribution in [0, 0.1) is 5.82 Å². The number of benzene rings is 2. The Morgan fingerprint density at radius 1 is 1.05 bits per heavy atom. The van der Waals surface area contributed by atoms with E-state index in [4.69, 9.17) is 0 Å². The molecule has 100 valence electrons. The summed E-state index contributed by atoms with van der Waals surface area (Å²) in [6, 6.07) is 15.4. The summed E-state index contributed by atoms with van der Waals surface area (Å²) in [6.07, 6.45) is 0.973. The highest BCUT2D eigenvalue weighted by molar-refractivity contribution is 5.85. The minimum atomic E-state index is -0.170. The Balaban J connectivity index is 1.78. The average Bonchev–Trinajstić information content (AvgIpc) is 2.85. The predicted molar refractivity (Wildman–Crippen MR) is 79.5 cm³/mol.